The van der Waals surface area contributed by atoms with Crippen LogP contribution in [-0.2, 0) is 0 Å². The lowest BCUT2D eigenvalue weighted by atomic mass is 10.0. The number of ether oxygens (including phenoxy) is 1. The van der Waals surface area contributed by atoms with Gasteiger partial charge < -0.3 is 10.1 Å². The molecule has 2 nitrogen and oxygen atoms in total. The van der Waals surface area contributed by atoms with E-state index in [0.29, 0.717) is 12.6 Å². The Bertz CT molecular complexity index is 556. The second-order valence-corrected chi connectivity index (χ2v) is 5.75. The van der Waals surface area contributed by atoms with E-state index in [4.69, 9.17) is 4.74 Å². The van der Waals surface area contributed by atoms with E-state index in [1.165, 1.54) is 11.1 Å². The number of hydrogen-bond acceptors (Lipinski definition) is 2. The van der Waals surface area contributed by atoms with Gasteiger partial charge >= 0.3 is 0 Å². The third kappa shape index (κ3) is 4.36. The van der Waals surface area contributed by atoms with E-state index < -0.39 is 0 Å². The second-order valence-electron chi connectivity index (χ2n) is 4.84. The molecular weight excluding hydrogens is 314 g/mol. The van der Waals surface area contributed by atoms with Crippen molar-refractivity contribution in [1.82, 2.24) is 5.32 Å². The molecule has 1 N–H and O–H groups in total. The minimum atomic E-state index is 0.335. The van der Waals surface area contributed by atoms with Crippen LogP contribution in [0.3, 0.4) is 0 Å². The maximum Gasteiger partial charge on any atom is 0.120 e. The Morgan fingerprint density at radius 2 is 1.95 bits per heavy atom. The highest BCUT2D eigenvalue weighted by Gasteiger charge is 2.06. The molecule has 2 aromatic carbocycles. The Morgan fingerprint density at radius 3 is 2.70 bits per heavy atom. The first-order valence-corrected chi connectivity index (χ1v) is 7.63. The Kier molecular flexibility index (Phi) is 5.62. The van der Waals surface area contributed by atoms with Crippen molar-refractivity contribution in [2.24, 2.45) is 0 Å². The fraction of sp³-hybridized carbons (Fsp3) is 0.294. The van der Waals surface area contributed by atoms with Gasteiger partial charge in [-0.15, -0.1) is 0 Å². The molecule has 106 valence electrons. The number of hydrogen-bond donors (Lipinski definition) is 1. The Morgan fingerprint density at radius 1 is 1.15 bits per heavy atom. The molecule has 20 heavy (non-hydrogen) atoms. The fourth-order valence-electron chi connectivity index (χ4n) is 2.18. The van der Waals surface area contributed by atoms with E-state index >= 15 is 0 Å². The van der Waals surface area contributed by atoms with Crippen LogP contribution in [0.15, 0.2) is 53.0 Å². The number of rotatable bonds is 6. The summed E-state index contributed by atoms with van der Waals surface area (Å²) >= 11 is 3.44. The van der Waals surface area contributed by atoms with Crippen LogP contribution >= 0.6 is 15.9 Å². The average molecular weight is 334 g/mol. The highest BCUT2D eigenvalue weighted by molar-refractivity contribution is 9.10. The quantitative estimate of drug-likeness (QED) is 0.786. The summed E-state index contributed by atoms with van der Waals surface area (Å²) in [6.45, 7) is 5.81. The van der Waals surface area contributed by atoms with Crippen LogP contribution in [0.5, 0.6) is 5.75 Å². The summed E-state index contributed by atoms with van der Waals surface area (Å²) in [6, 6.07) is 16.7. The molecule has 0 aliphatic heterocycles. The maximum atomic E-state index is 5.71. The van der Waals surface area contributed by atoms with Gasteiger partial charge in [-0.05, 0) is 43.2 Å². The zero-order chi connectivity index (χ0) is 14.4. The van der Waals surface area contributed by atoms with Gasteiger partial charge in [-0.3, -0.25) is 0 Å². The van der Waals surface area contributed by atoms with Gasteiger partial charge in [-0.25, -0.2) is 0 Å². The van der Waals surface area contributed by atoms with Crippen molar-refractivity contribution in [3.63, 3.8) is 0 Å². The molecule has 0 aromatic heterocycles. The van der Waals surface area contributed by atoms with Crippen molar-refractivity contribution in [3.8, 4) is 5.75 Å². The zero-order valence-electron chi connectivity index (χ0n) is 11.9. The molecule has 0 aliphatic carbocycles. The van der Waals surface area contributed by atoms with Gasteiger partial charge in [-0.2, -0.15) is 0 Å². The van der Waals surface area contributed by atoms with E-state index in [2.05, 4.69) is 59.4 Å². The van der Waals surface area contributed by atoms with Crippen LogP contribution in [0.2, 0.25) is 0 Å². The lowest BCUT2D eigenvalue weighted by molar-refractivity contribution is 0.307. The Hall–Kier alpha value is -1.32. The minimum Gasteiger partial charge on any atom is -0.492 e. The maximum absolute atomic E-state index is 5.71. The van der Waals surface area contributed by atoms with Crippen LogP contribution in [0.4, 0.5) is 0 Å². The van der Waals surface area contributed by atoms with Gasteiger partial charge in [0.15, 0.2) is 0 Å². The van der Waals surface area contributed by atoms with Crippen molar-refractivity contribution in [2.45, 2.75) is 19.9 Å². The summed E-state index contributed by atoms with van der Waals surface area (Å²) in [4.78, 5) is 0. The number of aryl methyl sites for hydroxylation is 1. The third-order valence-corrected chi connectivity index (χ3v) is 3.77. The molecule has 2 rings (SSSR count). The smallest absolute Gasteiger partial charge is 0.120 e. The summed E-state index contributed by atoms with van der Waals surface area (Å²) in [5.74, 6) is 0.893. The van der Waals surface area contributed by atoms with Crippen LogP contribution in [0, 0.1) is 6.92 Å². The average Bonchev–Trinajstić information content (AvgIpc) is 2.44. The van der Waals surface area contributed by atoms with Gasteiger partial charge in [0.2, 0.25) is 0 Å². The number of benzene rings is 2. The summed E-state index contributed by atoms with van der Waals surface area (Å²) in [7, 11) is 0. The van der Waals surface area contributed by atoms with Crippen molar-refractivity contribution in [1.29, 1.82) is 0 Å². The third-order valence-electron chi connectivity index (χ3n) is 3.27. The van der Waals surface area contributed by atoms with E-state index in [1.54, 1.807) is 0 Å². The fourth-order valence-corrected chi connectivity index (χ4v) is 2.56. The molecule has 0 bridgehead atoms. The van der Waals surface area contributed by atoms with E-state index in [0.717, 1.165) is 16.8 Å². The first kappa shape index (κ1) is 15.1. The Balaban J connectivity index is 1.77. The summed E-state index contributed by atoms with van der Waals surface area (Å²) < 4.78 is 6.75. The SMILES string of the molecule is Cc1ccccc1[C@H](C)NCCOc1cccc(Br)c1. The largest absolute Gasteiger partial charge is 0.492 e. The van der Waals surface area contributed by atoms with Crippen LogP contribution in [-0.4, -0.2) is 13.2 Å². The topological polar surface area (TPSA) is 21.3 Å². The van der Waals surface area contributed by atoms with Gasteiger partial charge in [0.05, 0.1) is 0 Å². The second kappa shape index (κ2) is 7.46. The standard InChI is InChI=1S/C17H20BrNO/c1-13-6-3-4-9-17(13)14(2)19-10-11-20-16-8-5-7-15(18)12-16/h3-9,12,14,19H,10-11H2,1-2H3/t14-/m0/s1. The van der Waals surface area contributed by atoms with Gasteiger partial charge in [0.25, 0.3) is 0 Å². The monoisotopic (exact) mass is 333 g/mol. The lowest BCUT2D eigenvalue weighted by Crippen LogP contribution is -2.24. The van der Waals surface area contributed by atoms with Crippen LogP contribution in [0.1, 0.15) is 24.1 Å². The molecule has 1 atom stereocenters. The predicted octanol–water partition coefficient (Wildman–Crippen LogP) is 4.49. The summed E-state index contributed by atoms with van der Waals surface area (Å²) in [5.41, 5.74) is 2.66. The van der Waals surface area contributed by atoms with Gasteiger partial charge in [0, 0.05) is 17.1 Å². The van der Waals surface area contributed by atoms with Crippen LogP contribution < -0.4 is 10.1 Å². The highest BCUT2D eigenvalue weighted by Crippen LogP contribution is 2.18. The Labute approximate surface area is 129 Å². The van der Waals surface area contributed by atoms with E-state index in [9.17, 15) is 0 Å². The predicted molar refractivity (Wildman–Crippen MR) is 87.2 cm³/mol. The van der Waals surface area contributed by atoms with Crippen molar-refractivity contribution >= 4 is 15.9 Å². The molecule has 0 fully saturated rings. The van der Waals surface area contributed by atoms with Crippen LogP contribution in [0.25, 0.3) is 0 Å². The molecule has 3 heteroatoms. The molecule has 0 heterocycles. The van der Waals surface area contributed by atoms with Crippen molar-refractivity contribution in [3.05, 3.63) is 64.1 Å². The molecule has 0 aliphatic rings. The zero-order valence-corrected chi connectivity index (χ0v) is 13.5. The molecule has 2 aromatic rings. The lowest BCUT2D eigenvalue weighted by Gasteiger charge is -2.16. The van der Waals surface area contributed by atoms with E-state index in [-0.39, 0.29) is 0 Å². The molecule has 0 spiro atoms. The highest BCUT2D eigenvalue weighted by atomic mass is 79.9. The minimum absolute atomic E-state index is 0.335. The number of nitrogens with one attached hydrogen (secondary N) is 1. The molecule has 0 saturated carbocycles. The normalized spacial score (nSPS) is 12.2. The first-order chi connectivity index (χ1) is 9.66. The molecular formula is C17H20BrNO. The first-order valence-electron chi connectivity index (χ1n) is 6.84. The summed E-state index contributed by atoms with van der Waals surface area (Å²) in [5, 5.41) is 3.49. The van der Waals surface area contributed by atoms with E-state index in [1.807, 2.05) is 24.3 Å². The van der Waals surface area contributed by atoms with Gasteiger partial charge in [-0.1, -0.05) is 46.3 Å². The molecule has 0 radical (unpaired) electrons. The molecule has 0 unspecified atom stereocenters. The van der Waals surface area contributed by atoms with Crippen molar-refractivity contribution in [2.75, 3.05) is 13.2 Å². The molecule has 0 saturated heterocycles. The molecule has 0 amide bonds. The summed E-state index contributed by atoms with van der Waals surface area (Å²) in [6.07, 6.45) is 0. The number of halogens is 1. The van der Waals surface area contributed by atoms with Gasteiger partial charge in [0.1, 0.15) is 12.4 Å². The van der Waals surface area contributed by atoms with Crippen molar-refractivity contribution < 1.29 is 4.74 Å².